The van der Waals surface area contributed by atoms with Crippen molar-refractivity contribution in [1.29, 1.82) is 0 Å². The molecule has 0 bridgehead atoms. The lowest BCUT2D eigenvalue weighted by molar-refractivity contribution is -0.118. The maximum atomic E-state index is 12.7. The van der Waals surface area contributed by atoms with Gasteiger partial charge in [-0.3, -0.25) is 4.79 Å². The predicted molar refractivity (Wildman–Crippen MR) is 78.8 cm³/mol. The average molecular weight is 272 g/mol. The van der Waals surface area contributed by atoms with Gasteiger partial charge < -0.3 is 14.6 Å². The van der Waals surface area contributed by atoms with Gasteiger partial charge in [-0.15, -0.1) is 0 Å². The molecule has 0 spiro atoms. The molecule has 0 radical (unpaired) electrons. The van der Waals surface area contributed by atoms with E-state index < -0.39 is 0 Å². The highest BCUT2D eigenvalue weighted by atomic mass is 16.5. The lowest BCUT2D eigenvalue weighted by Crippen LogP contribution is -2.53. The number of amides is 1. The number of nitrogens with one attached hydrogen (secondary N) is 1. The number of nitrogens with zero attached hydrogens (tertiary/aromatic N) is 1. The number of morpholine rings is 1. The molecule has 1 amide bonds. The maximum Gasteiger partial charge on any atom is 0.254 e. The fourth-order valence-corrected chi connectivity index (χ4v) is 2.98. The van der Waals surface area contributed by atoms with Crippen molar-refractivity contribution < 1.29 is 9.53 Å². The summed E-state index contributed by atoms with van der Waals surface area (Å²) in [4.78, 5) is 17.7. The summed E-state index contributed by atoms with van der Waals surface area (Å²) >= 11 is 0. The third-order valence-corrected chi connectivity index (χ3v) is 3.66. The zero-order chi connectivity index (χ0) is 14.3. The van der Waals surface area contributed by atoms with Crippen LogP contribution in [0, 0.1) is 0 Å². The zero-order valence-corrected chi connectivity index (χ0v) is 12.1. The van der Waals surface area contributed by atoms with Crippen LogP contribution in [0.2, 0.25) is 0 Å². The number of hydrogen-bond donors (Lipinski definition) is 1. The molecule has 1 N–H and O–H groups in total. The molecule has 4 nitrogen and oxygen atoms in total. The Balaban J connectivity index is 1.87. The molecule has 1 atom stereocenters. The van der Waals surface area contributed by atoms with Gasteiger partial charge >= 0.3 is 0 Å². The fourth-order valence-electron chi connectivity index (χ4n) is 2.98. The molecule has 1 aromatic heterocycles. The first-order valence-electron chi connectivity index (χ1n) is 6.99. The smallest absolute Gasteiger partial charge is 0.254 e. The zero-order valence-electron chi connectivity index (χ0n) is 12.1. The summed E-state index contributed by atoms with van der Waals surface area (Å²) < 4.78 is 5.85. The highest BCUT2D eigenvalue weighted by Gasteiger charge is 2.34. The van der Waals surface area contributed by atoms with E-state index in [4.69, 9.17) is 4.74 Å². The minimum atomic E-state index is -0.286. The Morgan fingerprint density at radius 1 is 1.40 bits per heavy atom. The molecule has 3 rings (SSSR count). The van der Waals surface area contributed by atoms with Gasteiger partial charge in [0.1, 0.15) is 0 Å². The second kappa shape index (κ2) is 4.63. The molecule has 2 aromatic rings. The molecule has 2 heterocycles. The van der Waals surface area contributed by atoms with Gasteiger partial charge in [0, 0.05) is 35.8 Å². The van der Waals surface area contributed by atoms with Crippen LogP contribution in [0.25, 0.3) is 10.9 Å². The highest BCUT2D eigenvalue weighted by molar-refractivity contribution is 5.98. The lowest BCUT2D eigenvalue weighted by atomic mass is 10.0. The van der Waals surface area contributed by atoms with E-state index in [2.05, 4.69) is 4.98 Å². The predicted octanol–water partition coefficient (Wildman–Crippen LogP) is 2.81. The van der Waals surface area contributed by atoms with Crippen molar-refractivity contribution in [3.63, 3.8) is 0 Å². The fraction of sp³-hybridized carbons (Fsp3) is 0.438. The van der Waals surface area contributed by atoms with E-state index in [1.165, 1.54) is 0 Å². The summed E-state index contributed by atoms with van der Waals surface area (Å²) in [6.07, 6.45) is 1.96. The number of benzene rings is 1. The average Bonchev–Trinajstić information content (AvgIpc) is 2.82. The molecular weight excluding hydrogens is 252 g/mol. The molecule has 0 saturated carbocycles. The normalized spacial score (nSPS) is 22.1. The van der Waals surface area contributed by atoms with E-state index in [1.807, 2.05) is 56.1 Å². The highest BCUT2D eigenvalue weighted by Crippen LogP contribution is 2.23. The van der Waals surface area contributed by atoms with Crippen LogP contribution in [-0.2, 0) is 4.74 Å². The molecule has 1 saturated heterocycles. The number of hydrogen-bond acceptors (Lipinski definition) is 2. The van der Waals surface area contributed by atoms with Crippen molar-refractivity contribution in [1.82, 2.24) is 9.88 Å². The second-order valence-electron chi connectivity index (χ2n) is 6.15. The molecule has 20 heavy (non-hydrogen) atoms. The topological polar surface area (TPSA) is 45.3 Å². The van der Waals surface area contributed by atoms with Crippen molar-refractivity contribution in [3.8, 4) is 0 Å². The molecule has 106 valence electrons. The van der Waals surface area contributed by atoms with Crippen LogP contribution < -0.4 is 0 Å². The molecule has 1 fully saturated rings. The largest absolute Gasteiger partial charge is 0.369 e. The Hall–Kier alpha value is -1.81. The Bertz CT molecular complexity index is 645. The number of aromatic nitrogens is 1. The maximum absolute atomic E-state index is 12.7. The van der Waals surface area contributed by atoms with Crippen LogP contribution in [0.4, 0.5) is 0 Å². The Kier molecular flexibility index (Phi) is 3.05. The molecule has 4 heteroatoms. The minimum absolute atomic E-state index is 0.0682. The first-order chi connectivity index (χ1) is 9.44. The van der Waals surface area contributed by atoms with Crippen molar-refractivity contribution in [2.75, 3.05) is 13.1 Å². The third kappa shape index (κ3) is 2.43. The van der Waals surface area contributed by atoms with Crippen molar-refractivity contribution in [2.24, 2.45) is 0 Å². The Morgan fingerprint density at radius 2 is 2.20 bits per heavy atom. The van der Waals surface area contributed by atoms with Gasteiger partial charge in [0.25, 0.3) is 5.91 Å². The summed E-state index contributed by atoms with van der Waals surface area (Å²) in [7, 11) is 0. The van der Waals surface area contributed by atoms with Gasteiger partial charge in [-0.1, -0.05) is 0 Å². The minimum Gasteiger partial charge on any atom is -0.369 e. The van der Waals surface area contributed by atoms with E-state index in [1.54, 1.807) is 0 Å². The number of ether oxygens (including phenoxy) is 1. The number of aromatic amines is 1. The number of fused-ring (bicyclic) bond motifs is 1. The number of H-pyrrole nitrogens is 1. The Morgan fingerprint density at radius 3 is 2.95 bits per heavy atom. The van der Waals surface area contributed by atoms with E-state index in [9.17, 15) is 4.79 Å². The van der Waals surface area contributed by atoms with E-state index in [0.29, 0.717) is 13.1 Å². The summed E-state index contributed by atoms with van der Waals surface area (Å²) in [5.41, 5.74) is 1.50. The van der Waals surface area contributed by atoms with E-state index in [0.717, 1.165) is 16.5 Å². The molecular formula is C16H20N2O2. The monoisotopic (exact) mass is 272 g/mol. The van der Waals surface area contributed by atoms with Gasteiger partial charge in [0.15, 0.2) is 0 Å². The summed E-state index contributed by atoms with van der Waals surface area (Å²) in [5, 5.41) is 1.07. The van der Waals surface area contributed by atoms with E-state index in [-0.39, 0.29) is 17.6 Å². The third-order valence-electron chi connectivity index (χ3n) is 3.66. The summed E-state index contributed by atoms with van der Waals surface area (Å²) in [5.74, 6) is 0.0799. The first kappa shape index (κ1) is 13.2. The van der Waals surface area contributed by atoms with Crippen LogP contribution >= 0.6 is 0 Å². The summed E-state index contributed by atoms with van der Waals surface area (Å²) in [6.45, 7) is 7.34. The summed E-state index contributed by atoms with van der Waals surface area (Å²) in [6, 6.07) is 7.77. The number of carbonyl (C=O) groups is 1. The molecule has 1 unspecified atom stereocenters. The van der Waals surface area contributed by atoms with Gasteiger partial charge in [-0.25, -0.2) is 0 Å². The van der Waals surface area contributed by atoms with Gasteiger partial charge in [-0.2, -0.15) is 0 Å². The molecule has 1 aliphatic rings. The van der Waals surface area contributed by atoms with Gasteiger partial charge in [0.2, 0.25) is 0 Å². The number of rotatable bonds is 1. The lowest BCUT2D eigenvalue weighted by Gasteiger charge is -2.41. The quantitative estimate of drug-likeness (QED) is 0.867. The van der Waals surface area contributed by atoms with Crippen molar-refractivity contribution >= 4 is 16.8 Å². The van der Waals surface area contributed by atoms with Crippen LogP contribution in [-0.4, -0.2) is 40.6 Å². The van der Waals surface area contributed by atoms with Crippen LogP contribution in [0.15, 0.2) is 30.5 Å². The van der Waals surface area contributed by atoms with Crippen LogP contribution in [0.1, 0.15) is 31.1 Å². The van der Waals surface area contributed by atoms with Crippen LogP contribution in [0.5, 0.6) is 0 Å². The standard InChI is InChI=1S/C16H20N2O2/c1-11-9-18(10-16(2,3)20-11)15(19)13-4-5-14-12(8-13)6-7-17-14/h4-8,11,17H,9-10H2,1-3H3. The number of carbonyl (C=O) groups excluding carboxylic acids is 1. The first-order valence-corrected chi connectivity index (χ1v) is 6.99. The molecule has 1 aromatic carbocycles. The van der Waals surface area contributed by atoms with Crippen molar-refractivity contribution in [3.05, 3.63) is 36.0 Å². The SMILES string of the molecule is CC1CN(C(=O)c2ccc3[nH]ccc3c2)CC(C)(C)O1. The van der Waals surface area contributed by atoms with Crippen molar-refractivity contribution in [2.45, 2.75) is 32.5 Å². The molecule has 0 aliphatic carbocycles. The van der Waals surface area contributed by atoms with Gasteiger partial charge in [-0.05, 0) is 45.0 Å². The van der Waals surface area contributed by atoms with Gasteiger partial charge in [0.05, 0.1) is 11.7 Å². The second-order valence-corrected chi connectivity index (χ2v) is 6.15. The Labute approximate surface area is 118 Å². The molecule has 1 aliphatic heterocycles. The van der Waals surface area contributed by atoms with Crippen LogP contribution in [0.3, 0.4) is 0 Å². The van der Waals surface area contributed by atoms with E-state index >= 15 is 0 Å².